The van der Waals surface area contributed by atoms with E-state index < -0.39 is 0 Å². The van der Waals surface area contributed by atoms with Gasteiger partial charge in [0.2, 0.25) is 5.91 Å². The van der Waals surface area contributed by atoms with Gasteiger partial charge in [-0.05, 0) is 31.0 Å². The molecule has 0 bridgehead atoms. The first-order valence-electron chi connectivity index (χ1n) is 7.43. The van der Waals surface area contributed by atoms with Crippen molar-refractivity contribution in [2.75, 3.05) is 33.9 Å². The molecular weight excluding hydrogens is 284 g/mol. The summed E-state index contributed by atoms with van der Waals surface area (Å²) in [6.45, 7) is 2.07. The Balaban J connectivity index is 1.80. The van der Waals surface area contributed by atoms with Gasteiger partial charge in [0.1, 0.15) is 0 Å². The molecule has 1 saturated heterocycles. The molecule has 2 rings (SSSR count). The first kappa shape index (κ1) is 16.1. The molecule has 1 aliphatic heterocycles. The lowest BCUT2D eigenvalue weighted by molar-refractivity contribution is -0.127. The van der Waals surface area contributed by atoms with Crippen LogP contribution in [0, 0.1) is 0 Å². The van der Waals surface area contributed by atoms with Crippen LogP contribution < -0.4 is 14.8 Å². The topological polar surface area (TPSA) is 67.9 Å². The van der Waals surface area contributed by atoms with Gasteiger partial charge in [-0.15, -0.1) is 0 Å². The summed E-state index contributed by atoms with van der Waals surface area (Å²) in [5, 5.41) is 2.85. The quantitative estimate of drug-likeness (QED) is 0.774. The highest BCUT2D eigenvalue weighted by Crippen LogP contribution is 2.27. The molecule has 120 valence electrons. The number of benzene rings is 1. The van der Waals surface area contributed by atoms with E-state index in [0.29, 0.717) is 36.6 Å². The summed E-state index contributed by atoms with van der Waals surface area (Å²) in [7, 11) is 3.09. The molecule has 0 radical (unpaired) electrons. The first-order chi connectivity index (χ1) is 10.7. The summed E-state index contributed by atoms with van der Waals surface area (Å²) in [5.74, 6) is 1.17. The normalized spacial score (nSPS) is 14.1. The van der Waals surface area contributed by atoms with Gasteiger partial charge < -0.3 is 19.7 Å². The van der Waals surface area contributed by atoms with Crippen LogP contribution in [0.1, 0.15) is 29.6 Å². The highest BCUT2D eigenvalue weighted by atomic mass is 16.5. The van der Waals surface area contributed by atoms with Crippen LogP contribution in [0.15, 0.2) is 18.2 Å². The lowest BCUT2D eigenvalue weighted by atomic mass is 10.2. The number of amides is 2. The average molecular weight is 306 g/mol. The number of carbonyl (C=O) groups excluding carboxylic acids is 2. The largest absolute Gasteiger partial charge is 0.493 e. The summed E-state index contributed by atoms with van der Waals surface area (Å²) >= 11 is 0. The third-order valence-corrected chi connectivity index (χ3v) is 3.71. The second-order valence-corrected chi connectivity index (χ2v) is 5.16. The molecule has 1 N–H and O–H groups in total. The maximum atomic E-state index is 12.1. The fourth-order valence-electron chi connectivity index (χ4n) is 2.49. The Kier molecular flexibility index (Phi) is 5.63. The molecule has 0 saturated carbocycles. The number of nitrogens with one attached hydrogen (secondary N) is 1. The van der Waals surface area contributed by atoms with Gasteiger partial charge in [0.25, 0.3) is 5.91 Å². The van der Waals surface area contributed by atoms with Crippen molar-refractivity contribution in [1.82, 2.24) is 10.2 Å². The molecule has 2 amide bonds. The van der Waals surface area contributed by atoms with Crippen molar-refractivity contribution in [1.29, 1.82) is 0 Å². The zero-order valence-electron chi connectivity index (χ0n) is 13.1. The number of likely N-dealkylation sites (tertiary alicyclic amines) is 1. The Hall–Kier alpha value is -2.24. The Morgan fingerprint density at radius 2 is 2.05 bits per heavy atom. The van der Waals surface area contributed by atoms with E-state index in [2.05, 4.69) is 5.32 Å². The van der Waals surface area contributed by atoms with Gasteiger partial charge in [0.15, 0.2) is 11.5 Å². The van der Waals surface area contributed by atoms with E-state index in [1.54, 1.807) is 25.3 Å². The number of carbonyl (C=O) groups is 2. The van der Waals surface area contributed by atoms with Crippen molar-refractivity contribution < 1.29 is 19.1 Å². The van der Waals surface area contributed by atoms with E-state index >= 15 is 0 Å². The third kappa shape index (κ3) is 3.90. The Bertz CT molecular complexity index is 545. The van der Waals surface area contributed by atoms with E-state index in [-0.39, 0.29) is 11.8 Å². The van der Waals surface area contributed by atoms with Crippen molar-refractivity contribution in [2.24, 2.45) is 0 Å². The van der Waals surface area contributed by atoms with Crippen molar-refractivity contribution in [3.63, 3.8) is 0 Å². The molecule has 1 aromatic rings. The van der Waals surface area contributed by atoms with E-state index in [0.717, 1.165) is 19.4 Å². The molecule has 6 heteroatoms. The minimum absolute atomic E-state index is 0.159. The third-order valence-electron chi connectivity index (χ3n) is 3.71. The van der Waals surface area contributed by atoms with Crippen LogP contribution >= 0.6 is 0 Å². The van der Waals surface area contributed by atoms with Crippen LogP contribution in [0.3, 0.4) is 0 Å². The summed E-state index contributed by atoms with van der Waals surface area (Å²) in [4.78, 5) is 25.4. The number of methoxy groups -OCH3 is 2. The summed E-state index contributed by atoms with van der Waals surface area (Å²) in [6.07, 6.45) is 2.35. The monoisotopic (exact) mass is 306 g/mol. The fourth-order valence-corrected chi connectivity index (χ4v) is 2.49. The molecule has 1 heterocycles. The van der Waals surface area contributed by atoms with Crippen LogP contribution in [0.4, 0.5) is 0 Å². The fraction of sp³-hybridized carbons (Fsp3) is 0.500. The molecule has 1 fully saturated rings. The number of hydrogen-bond donors (Lipinski definition) is 1. The second-order valence-electron chi connectivity index (χ2n) is 5.16. The number of hydrogen-bond acceptors (Lipinski definition) is 4. The summed E-state index contributed by atoms with van der Waals surface area (Å²) < 4.78 is 10.3. The number of rotatable bonds is 7. The van der Waals surface area contributed by atoms with E-state index in [1.807, 2.05) is 4.90 Å². The predicted molar refractivity (Wildman–Crippen MR) is 82.3 cm³/mol. The maximum absolute atomic E-state index is 12.1. The van der Waals surface area contributed by atoms with Crippen molar-refractivity contribution in [3.05, 3.63) is 23.8 Å². The Morgan fingerprint density at radius 1 is 1.27 bits per heavy atom. The molecular formula is C16H22N2O4. The lowest BCUT2D eigenvalue weighted by Gasteiger charge is -2.15. The van der Waals surface area contributed by atoms with Crippen LogP contribution in [0.5, 0.6) is 11.5 Å². The Morgan fingerprint density at radius 3 is 2.68 bits per heavy atom. The van der Waals surface area contributed by atoms with Gasteiger partial charge >= 0.3 is 0 Å². The zero-order valence-corrected chi connectivity index (χ0v) is 13.1. The second kappa shape index (κ2) is 7.68. The minimum Gasteiger partial charge on any atom is -0.493 e. The van der Waals surface area contributed by atoms with Gasteiger partial charge in [-0.1, -0.05) is 0 Å². The van der Waals surface area contributed by atoms with Crippen LogP contribution in [0.2, 0.25) is 0 Å². The van der Waals surface area contributed by atoms with Crippen LogP contribution in [0.25, 0.3) is 0 Å². The molecule has 0 aliphatic carbocycles. The summed E-state index contributed by atoms with van der Waals surface area (Å²) in [6, 6.07) is 5.05. The van der Waals surface area contributed by atoms with Crippen molar-refractivity contribution in [2.45, 2.75) is 19.3 Å². The van der Waals surface area contributed by atoms with E-state index in [1.165, 1.54) is 7.11 Å². The first-order valence-corrected chi connectivity index (χ1v) is 7.43. The van der Waals surface area contributed by atoms with E-state index in [4.69, 9.17) is 9.47 Å². The standard InChI is InChI=1S/C16H22N2O4/c1-21-13-7-6-12(11-14(13)22-2)16(20)17-8-4-10-18-9-3-5-15(18)19/h6-7,11H,3-5,8-10H2,1-2H3,(H,17,20). The molecule has 0 aromatic heterocycles. The van der Waals surface area contributed by atoms with Crippen LogP contribution in [-0.4, -0.2) is 50.6 Å². The van der Waals surface area contributed by atoms with Crippen molar-refractivity contribution in [3.8, 4) is 11.5 Å². The average Bonchev–Trinajstić information content (AvgIpc) is 2.95. The van der Waals surface area contributed by atoms with Gasteiger partial charge in [0.05, 0.1) is 14.2 Å². The SMILES string of the molecule is COc1ccc(C(=O)NCCCN2CCCC2=O)cc1OC. The smallest absolute Gasteiger partial charge is 0.251 e. The Labute approximate surface area is 130 Å². The van der Waals surface area contributed by atoms with E-state index in [9.17, 15) is 9.59 Å². The van der Waals surface area contributed by atoms with Gasteiger partial charge in [-0.25, -0.2) is 0 Å². The van der Waals surface area contributed by atoms with Crippen molar-refractivity contribution >= 4 is 11.8 Å². The summed E-state index contributed by atoms with van der Waals surface area (Å²) in [5.41, 5.74) is 0.523. The highest BCUT2D eigenvalue weighted by Gasteiger charge is 2.19. The van der Waals surface area contributed by atoms with Gasteiger partial charge in [-0.2, -0.15) is 0 Å². The minimum atomic E-state index is -0.159. The zero-order chi connectivity index (χ0) is 15.9. The molecule has 1 aromatic carbocycles. The number of nitrogens with zero attached hydrogens (tertiary/aromatic N) is 1. The lowest BCUT2D eigenvalue weighted by Crippen LogP contribution is -2.30. The predicted octanol–water partition coefficient (Wildman–Crippen LogP) is 1.45. The molecule has 0 atom stereocenters. The highest BCUT2D eigenvalue weighted by molar-refractivity contribution is 5.94. The molecule has 1 aliphatic rings. The number of ether oxygens (including phenoxy) is 2. The molecule has 22 heavy (non-hydrogen) atoms. The van der Waals surface area contributed by atoms with Crippen LogP contribution in [-0.2, 0) is 4.79 Å². The molecule has 6 nitrogen and oxygen atoms in total. The molecule has 0 spiro atoms. The van der Waals surface area contributed by atoms with Gasteiger partial charge in [0, 0.05) is 31.6 Å². The molecule has 0 unspecified atom stereocenters. The maximum Gasteiger partial charge on any atom is 0.251 e. The van der Waals surface area contributed by atoms with Gasteiger partial charge in [-0.3, -0.25) is 9.59 Å².